The first kappa shape index (κ1) is 15.3. The molecule has 7 heteroatoms. The third kappa shape index (κ3) is 3.17. The third-order valence-corrected chi connectivity index (χ3v) is 3.26. The van der Waals surface area contributed by atoms with Gasteiger partial charge in [-0.05, 0) is 34.1 Å². The predicted molar refractivity (Wildman–Crippen MR) is 75.2 cm³/mol. The predicted octanol–water partition coefficient (Wildman–Crippen LogP) is 1.89. The van der Waals surface area contributed by atoms with Crippen LogP contribution in [0, 0.1) is 0 Å². The first-order valence-electron chi connectivity index (χ1n) is 7.02. The number of aryl methyl sites for hydroxylation is 1. The van der Waals surface area contributed by atoms with E-state index in [0.717, 1.165) is 5.56 Å². The lowest BCUT2D eigenvalue weighted by Gasteiger charge is -2.29. The van der Waals surface area contributed by atoms with E-state index in [2.05, 4.69) is 5.10 Å². The first-order chi connectivity index (χ1) is 9.73. The average Bonchev–Trinajstić information content (AvgIpc) is 2.73. The van der Waals surface area contributed by atoms with Gasteiger partial charge in [-0.1, -0.05) is 0 Å². The molecule has 0 saturated carbocycles. The monoisotopic (exact) mass is 295 g/mol. The highest BCUT2D eigenvalue weighted by Crippen LogP contribution is 2.23. The number of rotatable bonds is 2. The largest absolute Gasteiger partial charge is 0.477 e. The van der Waals surface area contributed by atoms with Crippen molar-refractivity contribution in [2.45, 2.75) is 52.8 Å². The molecule has 1 aliphatic heterocycles. The van der Waals surface area contributed by atoms with Crippen molar-refractivity contribution in [2.75, 3.05) is 6.54 Å². The second kappa shape index (κ2) is 5.38. The molecule has 0 bridgehead atoms. The number of nitrogens with zero attached hydrogens (tertiary/aromatic N) is 3. The standard InChI is InChI=1S/C14H21N3O4/c1-5-17-11(12(18)19)9-6-7-16(8-10(9)15-17)13(20)21-14(2,3)4/h5-8H2,1-4H3,(H,18,19). The minimum atomic E-state index is -0.976. The second-order valence-electron chi connectivity index (χ2n) is 6.05. The molecule has 0 radical (unpaired) electrons. The molecule has 2 heterocycles. The van der Waals surface area contributed by atoms with Gasteiger partial charge in [0.05, 0.1) is 12.2 Å². The van der Waals surface area contributed by atoms with E-state index < -0.39 is 17.7 Å². The molecule has 1 aromatic heterocycles. The minimum Gasteiger partial charge on any atom is -0.477 e. The fraction of sp³-hybridized carbons (Fsp3) is 0.643. The summed E-state index contributed by atoms with van der Waals surface area (Å²) in [7, 11) is 0. The SMILES string of the molecule is CCn1nc2c(c1C(=O)O)CCN(C(=O)OC(C)(C)C)C2. The lowest BCUT2D eigenvalue weighted by Crippen LogP contribution is -2.40. The van der Waals surface area contributed by atoms with Gasteiger partial charge in [0.15, 0.2) is 0 Å². The Morgan fingerprint density at radius 2 is 2.05 bits per heavy atom. The van der Waals surface area contributed by atoms with E-state index in [4.69, 9.17) is 4.74 Å². The summed E-state index contributed by atoms with van der Waals surface area (Å²) in [6.45, 7) is 8.50. The summed E-state index contributed by atoms with van der Waals surface area (Å²) in [5.41, 5.74) is 1.05. The van der Waals surface area contributed by atoms with Crippen LogP contribution in [0.25, 0.3) is 0 Å². The molecule has 0 fully saturated rings. The highest BCUT2D eigenvalue weighted by Gasteiger charge is 2.31. The highest BCUT2D eigenvalue weighted by atomic mass is 16.6. The summed E-state index contributed by atoms with van der Waals surface area (Å²) < 4.78 is 6.82. The van der Waals surface area contributed by atoms with Crippen molar-refractivity contribution >= 4 is 12.1 Å². The fourth-order valence-electron chi connectivity index (χ4n) is 2.40. The van der Waals surface area contributed by atoms with Gasteiger partial charge in [-0.25, -0.2) is 9.59 Å². The third-order valence-electron chi connectivity index (χ3n) is 3.26. The van der Waals surface area contributed by atoms with Crippen LogP contribution in [-0.4, -0.2) is 44.0 Å². The van der Waals surface area contributed by atoms with E-state index in [1.165, 1.54) is 4.68 Å². The number of amides is 1. The Morgan fingerprint density at radius 1 is 1.38 bits per heavy atom. The Labute approximate surface area is 123 Å². The van der Waals surface area contributed by atoms with Crippen molar-refractivity contribution in [1.29, 1.82) is 0 Å². The van der Waals surface area contributed by atoms with E-state index in [1.807, 2.05) is 27.7 Å². The zero-order valence-corrected chi connectivity index (χ0v) is 12.8. The molecular weight excluding hydrogens is 274 g/mol. The van der Waals surface area contributed by atoms with Crippen LogP contribution in [0.2, 0.25) is 0 Å². The first-order valence-corrected chi connectivity index (χ1v) is 7.02. The highest BCUT2D eigenvalue weighted by molar-refractivity contribution is 5.88. The van der Waals surface area contributed by atoms with E-state index in [0.29, 0.717) is 25.2 Å². The summed E-state index contributed by atoms with van der Waals surface area (Å²) in [6.07, 6.45) is 0.0898. The van der Waals surface area contributed by atoms with Crippen molar-refractivity contribution in [3.8, 4) is 0 Å². The second-order valence-corrected chi connectivity index (χ2v) is 6.05. The van der Waals surface area contributed by atoms with Gasteiger partial charge in [-0.2, -0.15) is 5.10 Å². The quantitative estimate of drug-likeness (QED) is 0.900. The molecule has 0 unspecified atom stereocenters. The number of fused-ring (bicyclic) bond motifs is 1. The van der Waals surface area contributed by atoms with Crippen molar-refractivity contribution in [3.63, 3.8) is 0 Å². The van der Waals surface area contributed by atoms with Gasteiger partial charge in [-0.15, -0.1) is 0 Å². The van der Waals surface area contributed by atoms with Crippen LogP contribution >= 0.6 is 0 Å². The van der Waals surface area contributed by atoms with Gasteiger partial charge < -0.3 is 14.7 Å². The van der Waals surface area contributed by atoms with Crippen molar-refractivity contribution < 1.29 is 19.4 Å². The molecule has 7 nitrogen and oxygen atoms in total. The smallest absolute Gasteiger partial charge is 0.410 e. The van der Waals surface area contributed by atoms with Gasteiger partial charge in [0.2, 0.25) is 0 Å². The molecule has 21 heavy (non-hydrogen) atoms. The van der Waals surface area contributed by atoms with Crippen LogP contribution in [0.3, 0.4) is 0 Å². The van der Waals surface area contributed by atoms with Crippen LogP contribution < -0.4 is 0 Å². The summed E-state index contributed by atoms with van der Waals surface area (Å²) in [5, 5.41) is 13.6. The number of aromatic carboxylic acids is 1. The van der Waals surface area contributed by atoms with Crippen molar-refractivity contribution in [3.05, 3.63) is 17.0 Å². The lowest BCUT2D eigenvalue weighted by atomic mass is 10.0. The van der Waals surface area contributed by atoms with Crippen LogP contribution in [0.15, 0.2) is 0 Å². The summed E-state index contributed by atoms with van der Waals surface area (Å²) >= 11 is 0. The molecule has 2 rings (SSSR count). The molecule has 116 valence electrons. The molecule has 0 atom stereocenters. The van der Waals surface area contributed by atoms with E-state index >= 15 is 0 Å². The molecule has 1 N–H and O–H groups in total. The lowest BCUT2D eigenvalue weighted by molar-refractivity contribution is 0.0221. The van der Waals surface area contributed by atoms with Gasteiger partial charge in [0.1, 0.15) is 11.3 Å². The molecule has 1 aromatic rings. The van der Waals surface area contributed by atoms with Gasteiger partial charge >= 0.3 is 12.1 Å². The minimum absolute atomic E-state index is 0.233. The Bertz CT molecular complexity index is 572. The number of ether oxygens (including phenoxy) is 1. The summed E-state index contributed by atoms with van der Waals surface area (Å²) in [6, 6.07) is 0. The van der Waals surface area contributed by atoms with E-state index in [-0.39, 0.29) is 12.2 Å². The van der Waals surface area contributed by atoms with Crippen molar-refractivity contribution in [1.82, 2.24) is 14.7 Å². The summed E-state index contributed by atoms with van der Waals surface area (Å²) in [5.74, 6) is -0.976. The summed E-state index contributed by atoms with van der Waals surface area (Å²) in [4.78, 5) is 25.0. The molecule has 0 saturated heterocycles. The molecule has 1 aliphatic rings. The Kier molecular flexibility index (Phi) is 3.93. The zero-order chi connectivity index (χ0) is 15.8. The van der Waals surface area contributed by atoms with Gasteiger partial charge in [-0.3, -0.25) is 4.68 Å². The Hall–Kier alpha value is -2.05. The number of carboxylic acids is 1. The maximum atomic E-state index is 12.1. The number of carbonyl (C=O) groups excluding carboxylic acids is 1. The molecule has 0 aromatic carbocycles. The number of aromatic nitrogens is 2. The number of carboxylic acid groups (broad SMARTS) is 1. The normalized spacial score (nSPS) is 14.8. The van der Waals surface area contributed by atoms with Crippen LogP contribution in [-0.2, 0) is 24.2 Å². The number of hydrogen-bond donors (Lipinski definition) is 1. The van der Waals surface area contributed by atoms with Crippen molar-refractivity contribution in [2.24, 2.45) is 0 Å². The van der Waals surface area contributed by atoms with Gasteiger partial charge in [0, 0.05) is 18.7 Å². The molecule has 0 spiro atoms. The van der Waals surface area contributed by atoms with E-state index in [1.54, 1.807) is 4.90 Å². The van der Waals surface area contributed by atoms with Crippen LogP contribution in [0.1, 0.15) is 49.4 Å². The Morgan fingerprint density at radius 3 is 2.57 bits per heavy atom. The average molecular weight is 295 g/mol. The number of hydrogen-bond acceptors (Lipinski definition) is 4. The topological polar surface area (TPSA) is 84.7 Å². The van der Waals surface area contributed by atoms with E-state index in [9.17, 15) is 14.7 Å². The maximum absolute atomic E-state index is 12.1. The zero-order valence-electron chi connectivity index (χ0n) is 12.8. The fourth-order valence-corrected chi connectivity index (χ4v) is 2.40. The Balaban J connectivity index is 2.22. The molecular formula is C14H21N3O4. The molecule has 0 aliphatic carbocycles. The van der Waals surface area contributed by atoms with Crippen LogP contribution in [0.5, 0.6) is 0 Å². The number of carbonyl (C=O) groups is 2. The van der Waals surface area contributed by atoms with Gasteiger partial charge in [0.25, 0.3) is 0 Å². The molecule has 1 amide bonds. The maximum Gasteiger partial charge on any atom is 0.410 e. The van der Waals surface area contributed by atoms with Crippen LogP contribution in [0.4, 0.5) is 4.79 Å².